The third kappa shape index (κ3) is 2.36. The molecule has 1 aliphatic rings. The van der Waals surface area contributed by atoms with Gasteiger partial charge in [0.05, 0.1) is 6.10 Å². The minimum atomic E-state index is -0.304. The lowest BCUT2D eigenvalue weighted by Gasteiger charge is -2.39. The molecule has 1 atom stereocenters. The van der Waals surface area contributed by atoms with Crippen LogP contribution >= 0.6 is 0 Å². The van der Waals surface area contributed by atoms with Gasteiger partial charge in [0.1, 0.15) is 0 Å². The Morgan fingerprint density at radius 1 is 1.31 bits per heavy atom. The van der Waals surface area contributed by atoms with E-state index in [1.165, 1.54) is 5.69 Å². The molecule has 2 N–H and O–H groups in total. The number of hydrogen-bond donors (Lipinski definition) is 2. The quantitative estimate of drug-likeness (QED) is 0.747. The molecule has 88 valence electrons. The Bertz CT molecular complexity index is 337. The van der Waals surface area contributed by atoms with Gasteiger partial charge in [0.15, 0.2) is 0 Å². The second-order valence-electron chi connectivity index (χ2n) is 5.04. The Kier molecular flexibility index (Phi) is 3.17. The number of aliphatic hydroxyl groups is 1. The van der Waals surface area contributed by atoms with Crippen molar-refractivity contribution in [3.8, 4) is 0 Å². The Hall–Kier alpha value is -1.06. The average molecular weight is 220 g/mol. The number of benzene rings is 1. The highest BCUT2D eigenvalue weighted by atomic mass is 16.3. The molecule has 1 fully saturated rings. The molecule has 0 aliphatic carbocycles. The monoisotopic (exact) mass is 220 g/mol. The van der Waals surface area contributed by atoms with Gasteiger partial charge in [-0.05, 0) is 26.0 Å². The number of β-amino-alcohol motifs (C(OH)–C–C–N with tert-alkyl or cyclic N) is 1. The summed E-state index contributed by atoms with van der Waals surface area (Å²) in [4.78, 5) is 2.28. The molecule has 3 heteroatoms. The highest BCUT2D eigenvalue weighted by Gasteiger charge is 2.31. The van der Waals surface area contributed by atoms with Crippen LogP contribution in [0.3, 0.4) is 0 Å². The maximum Gasteiger partial charge on any atom is 0.0839 e. The summed E-state index contributed by atoms with van der Waals surface area (Å²) < 4.78 is 0. The topological polar surface area (TPSA) is 35.5 Å². The van der Waals surface area contributed by atoms with Crippen LogP contribution in [0.25, 0.3) is 0 Å². The molecule has 0 aromatic heterocycles. The van der Waals surface area contributed by atoms with Gasteiger partial charge in [-0.25, -0.2) is 0 Å². The smallest absolute Gasteiger partial charge is 0.0839 e. The van der Waals surface area contributed by atoms with E-state index >= 15 is 0 Å². The van der Waals surface area contributed by atoms with Crippen LogP contribution < -0.4 is 10.2 Å². The van der Waals surface area contributed by atoms with Gasteiger partial charge in [-0.1, -0.05) is 18.2 Å². The van der Waals surface area contributed by atoms with Gasteiger partial charge in [-0.15, -0.1) is 0 Å². The van der Waals surface area contributed by atoms with Gasteiger partial charge >= 0.3 is 0 Å². The minimum absolute atomic E-state index is 0.0266. The van der Waals surface area contributed by atoms with Crippen molar-refractivity contribution >= 4 is 5.69 Å². The summed E-state index contributed by atoms with van der Waals surface area (Å²) >= 11 is 0. The predicted molar refractivity (Wildman–Crippen MR) is 66.7 cm³/mol. The van der Waals surface area contributed by atoms with E-state index in [-0.39, 0.29) is 11.6 Å². The fraction of sp³-hybridized carbons (Fsp3) is 0.538. The van der Waals surface area contributed by atoms with Crippen LogP contribution in [0.2, 0.25) is 0 Å². The molecule has 1 unspecified atom stereocenters. The van der Waals surface area contributed by atoms with Gasteiger partial charge < -0.3 is 15.3 Å². The molecule has 0 radical (unpaired) electrons. The summed E-state index contributed by atoms with van der Waals surface area (Å²) in [7, 11) is 0. The normalized spacial score (nSPS) is 25.2. The first-order valence-corrected chi connectivity index (χ1v) is 5.81. The van der Waals surface area contributed by atoms with Crippen LogP contribution in [0.4, 0.5) is 5.69 Å². The van der Waals surface area contributed by atoms with E-state index in [2.05, 4.69) is 36.2 Å². The second kappa shape index (κ2) is 4.44. The van der Waals surface area contributed by atoms with E-state index in [1.54, 1.807) is 0 Å². The molecule has 0 amide bonds. The Balaban J connectivity index is 2.28. The summed E-state index contributed by atoms with van der Waals surface area (Å²) in [6.45, 7) is 6.64. The first kappa shape index (κ1) is 11.4. The lowest BCUT2D eigenvalue weighted by Crippen LogP contribution is -2.49. The third-order valence-electron chi connectivity index (χ3n) is 3.13. The molecule has 3 nitrogen and oxygen atoms in total. The molecule has 0 spiro atoms. The van der Waals surface area contributed by atoms with Gasteiger partial charge in [0.2, 0.25) is 0 Å². The molecule has 16 heavy (non-hydrogen) atoms. The number of aliphatic hydroxyl groups excluding tert-OH is 1. The van der Waals surface area contributed by atoms with Crippen LogP contribution in [0.5, 0.6) is 0 Å². The zero-order valence-electron chi connectivity index (χ0n) is 9.98. The van der Waals surface area contributed by atoms with E-state index in [1.807, 2.05) is 18.2 Å². The lowest BCUT2D eigenvalue weighted by atomic mass is 10.0. The van der Waals surface area contributed by atoms with E-state index in [0.29, 0.717) is 13.1 Å². The molecular formula is C13H20N2O. The maximum atomic E-state index is 9.85. The summed E-state index contributed by atoms with van der Waals surface area (Å²) in [5.74, 6) is 0. The zero-order chi connectivity index (χ0) is 11.6. The van der Waals surface area contributed by atoms with Crippen LogP contribution in [-0.4, -0.2) is 36.4 Å². The number of anilines is 1. The molecule has 1 aromatic rings. The van der Waals surface area contributed by atoms with E-state index in [0.717, 1.165) is 6.54 Å². The maximum absolute atomic E-state index is 9.85. The SMILES string of the molecule is CC1(C)CNCC(O)CN1c1ccccc1. The van der Waals surface area contributed by atoms with Crippen molar-refractivity contribution in [1.29, 1.82) is 0 Å². The first-order valence-electron chi connectivity index (χ1n) is 5.81. The molecule has 1 heterocycles. The summed E-state index contributed by atoms with van der Waals surface area (Å²) in [5, 5.41) is 13.1. The summed E-state index contributed by atoms with van der Waals surface area (Å²) in [6, 6.07) is 10.3. The lowest BCUT2D eigenvalue weighted by molar-refractivity contribution is 0.183. The Labute approximate surface area is 97.1 Å². The molecular weight excluding hydrogens is 200 g/mol. The van der Waals surface area contributed by atoms with Crippen LogP contribution in [0.15, 0.2) is 30.3 Å². The molecule has 1 aliphatic heterocycles. The van der Waals surface area contributed by atoms with E-state index in [9.17, 15) is 5.11 Å². The molecule has 1 saturated heterocycles. The van der Waals surface area contributed by atoms with Crippen molar-refractivity contribution in [2.45, 2.75) is 25.5 Å². The van der Waals surface area contributed by atoms with Gasteiger partial charge in [0, 0.05) is 30.9 Å². The van der Waals surface area contributed by atoms with Crippen molar-refractivity contribution in [3.05, 3.63) is 30.3 Å². The fourth-order valence-electron chi connectivity index (χ4n) is 2.23. The van der Waals surface area contributed by atoms with Gasteiger partial charge in [-0.3, -0.25) is 0 Å². The first-order chi connectivity index (χ1) is 7.59. The van der Waals surface area contributed by atoms with Crippen LogP contribution in [-0.2, 0) is 0 Å². The second-order valence-corrected chi connectivity index (χ2v) is 5.04. The van der Waals surface area contributed by atoms with E-state index in [4.69, 9.17) is 0 Å². The fourth-order valence-corrected chi connectivity index (χ4v) is 2.23. The largest absolute Gasteiger partial charge is 0.390 e. The van der Waals surface area contributed by atoms with Crippen LogP contribution in [0, 0.1) is 0 Å². The summed E-state index contributed by atoms with van der Waals surface area (Å²) in [5.41, 5.74) is 1.20. The Morgan fingerprint density at radius 2 is 2.00 bits per heavy atom. The van der Waals surface area contributed by atoms with Crippen molar-refractivity contribution in [2.24, 2.45) is 0 Å². The highest BCUT2D eigenvalue weighted by Crippen LogP contribution is 2.24. The van der Waals surface area contributed by atoms with Crippen LogP contribution in [0.1, 0.15) is 13.8 Å². The van der Waals surface area contributed by atoms with Crippen molar-refractivity contribution in [1.82, 2.24) is 5.32 Å². The summed E-state index contributed by atoms with van der Waals surface area (Å²) in [6.07, 6.45) is -0.304. The average Bonchev–Trinajstić information content (AvgIpc) is 2.39. The number of hydrogen-bond acceptors (Lipinski definition) is 3. The Morgan fingerprint density at radius 3 is 2.69 bits per heavy atom. The molecule has 1 aromatic carbocycles. The predicted octanol–water partition coefficient (Wildman–Crippen LogP) is 1.24. The zero-order valence-corrected chi connectivity index (χ0v) is 9.98. The standard InChI is InChI=1S/C13H20N2O/c1-13(2)10-14-8-12(16)9-15(13)11-6-4-3-5-7-11/h3-7,12,14,16H,8-10H2,1-2H3. The molecule has 0 bridgehead atoms. The number of rotatable bonds is 1. The van der Waals surface area contributed by atoms with Gasteiger partial charge in [0.25, 0.3) is 0 Å². The minimum Gasteiger partial charge on any atom is -0.390 e. The number of nitrogens with zero attached hydrogens (tertiary/aromatic N) is 1. The van der Waals surface area contributed by atoms with Crippen molar-refractivity contribution in [2.75, 3.05) is 24.5 Å². The molecule has 2 rings (SSSR count). The van der Waals surface area contributed by atoms with E-state index < -0.39 is 0 Å². The number of nitrogens with one attached hydrogen (secondary N) is 1. The highest BCUT2D eigenvalue weighted by molar-refractivity contribution is 5.49. The third-order valence-corrected chi connectivity index (χ3v) is 3.13. The van der Waals surface area contributed by atoms with Crippen molar-refractivity contribution < 1.29 is 5.11 Å². The van der Waals surface area contributed by atoms with Gasteiger partial charge in [-0.2, -0.15) is 0 Å². The number of para-hydroxylation sites is 1. The molecule has 0 saturated carbocycles. The van der Waals surface area contributed by atoms with Crippen molar-refractivity contribution in [3.63, 3.8) is 0 Å².